The lowest BCUT2D eigenvalue weighted by molar-refractivity contribution is 1.11. The lowest BCUT2D eigenvalue weighted by atomic mass is 10.2. The number of benzene rings is 1. The fraction of sp³-hybridized carbons (Fsp3) is 0.143. The Balaban J connectivity index is 2.35. The third kappa shape index (κ3) is 2.44. The van der Waals surface area contributed by atoms with Gasteiger partial charge in [-0.15, -0.1) is 11.6 Å². The Kier molecular flexibility index (Phi) is 3.81. The first-order chi connectivity index (χ1) is 8.76. The van der Waals surface area contributed by atoms with Gasteiger partial charge in [-0.3, -0.25) is 0 Å². The van der Waals surface area contributed by atoms with Crippen LogP contribution in [0.15, 0.2) is 42.6 Å². The van der Waals surface area contributed by atoms with Gasteiger partial charge in [-0.25, -0.2) is 4.98 Å². The second-order valence-corrected chi connectivity index (χ2v) is 4.11. The van der Waals surface area contributed by atoms with Crippen molar-refractivity contribution in [2.24, 2.45) is 0 Å². The number of nitriles is 1. The molecule has 0 unspecified atom stereocenters. The van der Waals surface area contributed by atoms with Crippen molar-refractivity contribution in [1.29, 1.82) is 5.26 Å². The molecule has 0 radical (unpaired) electrons. The molecule has 0 aliphatic carbocycles. The zero-order chi connectivity index (χ0) is 13.0. The Morgan fingerprint density at radius 1 is 1.28 bits per heavy atom. The van der Waals surface area contributed by atoms with Gasteiger partial charge in [0, 0.05) is 19.1 Å². The number of halogens is 1. The molecule has 0 N–H and O–H groups in total. The van der Waals surface area contributed by atoms with Crippen LogP contribution in [0.5, 0.6) is 0 Å². The van der Waals surface area contributed by atoms with Crippen LogP contribution in [0.2, 0.25) is 0 Å². The van der Waals surface area contributed by atoms with E-state index >= 15 is 0 Å². The van der Waals surface area contributed by atoms with Crippen molar-refractivity contribution in [2.45, 2.75) is 5.88 Å². The molecule has 0 aliphatic rings. The molecule has 1 heterocycles. The van der Waals surface area contributed by atoms with Crippen LogP contribution >= 0.6 is 11.6 Å². The Bertz CT molecular complexity index is 572. The summed E-state index contributed by atoms with van der Waals surface area (Å²) in [6, 6.07) is 13.4. The minimum Gasteiger partial charge on any atom is -0.328 e. The number of hydrogen-bond donors (Lipinski definition) is 0. The molecular weight excluding hydrogens is 246 g/mol. The third-order valence-corrected chi connectivity index (χ3v) is 3.00. The number of nitrogens with zero attached hydrogens (tertiary/aromatic N) is 3. The fourth-order valence-corrected chi connectivity index (χ4v) is 1.84. The van der Waals surface area contributed by atoms with Crippen LogP contribution in [0.25, 0.3) is 0 Å². The maximum Gasteiger partial charge on any atom is 0.132 e. The molecule has 1 aromatic carbocycles. The van der Waals surface area contributed by atoms with E-state index in [0.29, 0.717) is 11.4 Å². The molecule has 0 saturated carbocycles. The van der Waals surface area contributed by atoms with Crippen molar-refractivity contribution >= 4 is 23.1 Å². The van der Waals surface area contributed by atoms with Crippen molar-refractivity contribution in [2.75, 3.05) is 11.9 Å². The Morgan fingerprint density at radius 2 is 2.06 bits per heavy atom. The van der Waals surface area contributed by atoms with Crippen molar-refractivity contribution in [1.82, 2.24) is 4.98 Å². The van der Waals surface area contributed by atoms with E-state index in [2.05, 4.69) is 11.1 Å². The molecule has 4 heteroatoms. The van der Waals surface area contributed by atoms with Crippen LogP contribution in [0.4, 0.5) is 11.5 Å². The summed E-state index contributed by atoms with van der Waals surface area (Å²) in [5, 5.41) is 9.08. The van der Waals surface area contributed by atoms with Gasteiger partial charge >= 0.3 is 0 Å². The molecule has 3 nitrogen and oxygen atoms in total. The number of rotatable bonds is 3. The zero-order valence-electron chi connectivity index (χ0n) is 9.97. The molecule has 0 saturated heterocycles. The van der Waals surface area contributed by atoms with E-state index < -0.39 is 0 Å². The second-order valence-electron chi connectivity index (χ2n) is 3.85. The van der Waals surface area contributed by atoms with Gasteiger partial charge in [0.15, 0.2) is 0 Å². The summed E-state index contributed by atoms with van der Waals surface area (Å²) in [5.74, 6) is 1.23. The standard InChI is InChI=1S/C14H12ClN3/c1-18(13-5-3-2-4-12(13)9-16)14-7-6-11(8-15)10-17-14/h2-7,10H,8H2,1H3. The molecule has 90 valence electrons. The summed E-state index contributed by atoms with van der Waals surface area (Å²) in [6.07, 6.45) is 1.74. The van der Waals surface area contributed by atoms with Crippen LogP contribution in [0, 0.1) is 11.3 Å². The third-order valence-electron chi connectivity index (χ3n) is 2.69. The Hall–Kier alpha value is -2.05. The summed E-state index contributed by atoms with van der Waals surface area (Å²) in [4.78, 5) is 6.22. The average molecular weight is 258 g/mol. The van der Waals surface area contributed by atoms with Gasteiger partial charge in [-0.05, 0) is 23.8 Å². The summed E-state index contributed by atoms with van der Waals surface area (Å²) in [6.45, 7) is 0. The van der Waals surface area contributed by atoms with E-state index in [9.17, 15) is 0 Å². The number of anilines is 2. The molecular formula is C14H12ClN3. The summed E-state index contributed by atoms with van der Waals surface area (Å²) < 4.78 is 0. The monoisotopic (exact) mass is 257 g/mol. The quantitative estimate of drug-likeness (QED) is 0.791. The molecule has 0 amide bonds. The SMILES string of the molecule is CN(c1ccc(CCl)cn1)c1ccccc1C#N. The van der Waals surface area contributed by atoms with Gasteiger partial charge < -0.3 is 4.90 Å². The number of hydrogen-bond acceptors (Lipinski definition) is 3. The maximum atomic E-state index is 9.08. The second kappa shape index (κ2) is 5.52. The zero-order valence-corrected chi connectivity index (χ0v) is 10.7. The summed E-state index contributed by atoms with van der Waals surface area (Å²) in [5.41, 5.74) is 2.44. The van der Waals surface area contributed by atoms with E-state index in [4.69, 9.17) is 16.9 Å². The van der Waals surface area contributed by atoms with Crippen LogP contribution in [0.1, 0.15) is 11.1 Å². The van der Waals surface area contributed by atoms with Gasteiger partial charge in [0.2, 0.25) is 0 Å². The van der Waals surface area contributed by atoms with Crippen molar-refractivity contribution in [3.63, 3.8) is 0 Å². The lowest BCUT2D eigenvalue weighted by Gasteiger charge is -2.19. The normalized spacial score (nSPS) is 9.83. The smallest absolute Gasteiger partial charge is 0.132 e. The van der Waals surface area contributed by atoms with Gasteiger partial charge in [-0.1, -0.05) is 18.2 Å². The van der Waals surface area contributed by atoms with E-state index in [1.807, 2.05) is 42.3 Å². The van der Waals surface area contributed by atoms with E-state index in [-0.39, 0.29) is 0 Å². The minimum absolute atomic E-state index is 0.450. The first-order valence-electron chi connectivity index (χ1n) is 5.50. The first kappa shape index (κ1) is 12.4. The largest absolute Gasteiger partial charge is 0.328 e. The molecule has 0 atom stereocenters. The molecule has 2 rings (SSSR count). The number of pyridine rings is 1. The average Bonchev–Trinajstić information content (AvgIpc) is 2.46. The van der Waals surface area contributed by atoms with E-state index in [0.717, 1.165) is 17.1 Å². The molecule has 0 spiro atoms. The molecule has 1 aromatic heterocycles. The summed E-state index contributed by atoms with van der Waals surface area (Å²) >= 11 is 5.73. The lowest BCUT2D eigenvalue weighted by Crippen LogP contribution is -2.12. The number of aromatic nitrogens is 1. The Morgan fingerprint density at radius 3 is 2.67 bits per heavy atom. The van der Waals surface area contributed by atoms with Crippen LogP contribution in [-0.2, 0) is 5.88 Å². The molecule has 0 aliphatic heterocycles. The van der Waals surface area contributed by atoms with Crippen molar-refractivity contribution < 1.29 is 0 Å². The molecule has 0 bridgehead atoms. The highest BCUT2D eigenvalue weighted by Crippen LogP contribution is 2.25. The highest BCUT2D eigenvalue weighted by Gasteiger charge is 2.09. The van der Waals surface area contributed by atoms with Crippen molar-refractivity contribution in [3.05, 3.63) is 53.7 Å². The molecule has 0 fully saturated rings. The molecule has 18 heavy (non-hydrogen) atoms. The number of alkyl halides is 1. The fourth-order valence-electron chi connectivity index (χ4n) is 1.68. The van der Waals surface area contributed by atoms with Gasteiger partial charge in [0.05, 0.1) is 11.3 Å². The molecule has 2 aromatic rings. The van der Waals surface area contributed by atoms with Gasteiger partial charge in [0.25, 0.3) is 0 Å². The number of para-hydroxylation sites is 1. The predicted molar refractivity (Wildman–Crippen MR) is 73.0 cm³/mol. The predicted octanol–water partition coefficient (Wildman–Crippen LogP) is 3.46. The van der Waals surface area contributed by atoms with E-state index in [1.54, 1.807) is 12.3 Å². The highest BCUT2D eigenvalue weighted by atomic mass is 35.5. The topological polar surface area (TPSA) is 39.9 Å². The van der Waals surface area contributed by atoms with Crippen LogP contribution in [-0.4, -0.2) is 12.0 Å². The first-order valence-corrected chi connectivity index (χ1v) is 6.03. The highest BCUT2D eigenvalue weighted by molar-refractivity contribution is 6.17. The minimum atomic E-state index is 0.450. The van der Waals surface area contributed by atoms with E-state index in [1.165, 1.54) is 0 Å². The van der Waals surface area contributed by atoms with Crippen LogP contribution in [0.3, 0.4) is 0 Å². The van der Waals surface area contributed by atoms with Crippen molar-refractivity contribution in [3.8, 4) is 6.07 Å². The maximum absolute atomic E-state index is 9.08. The van der Waals surface area contributed by atoms with Crippen LogP contribution < -0.4 is 4.90 Å². The van der Waals surface area contributed by atoms with Gasteiger partial charge in [-0.2, -0.15) is 5.26 Å². The Labute approximate surface area is 111 Å². The van der Waals surface area contributed by atoms with Gasteiger partial charge in [0.1, 0.15) is 11.9 Å². The summed E-state index contributed by atoms with van der Waals surface area (Å²) in [7, 11) is 1.89.